The molecule has 0 aromatic heterocycles. The third kappa shape index (κ3) is 9.91. The average Bonchev–Trinajstić information content (AvgIpc) is 2.90. The van der Waals surface area contributed by atoms with E-state index in [1.165, 1.54) is 6.42 Å². The Labute approximate surface area is 241 Å². The maximum absolute atomic E-state index is 13.8. The van der Waals surface area contributed by atoms with Crippen LogP contribution in [0, 0.1) is 29.6 Å². The maximum atomic E-state index is 13.8. The van der Waals surface area contributed by atoms with Gasteiger partial charge >= 0.3 is 5.97 Å². The number of nitrogens with one attached hydrogen (secondary N) is 1. The van der Waals surface area contributed by atoms with Crippen LogP contribution in [0.15, 0.2) is 60.7 Å². The van der Waals surface area contributed by atoms with Crippen molar-refractivity contribution in [3.63, 3.8) is 0 Å². The third-order valence-corrected chi connectivity index (χ3v) is 8.16. The SMILES string of the molecule is CC(C)[C@@H]1CC[C@@H](C)C[C@H]1C(=O)CC[C@@H](NC(=O)[C@H](CC(=O)OC(C)(C)C)Cc1ccccc1)c1ccccc1. The molecule has 0 heterocycles. The van der Waals surface area contributed by atoms with Crippen molar-refractivity contribution in [1.82, 2.24) is 5.32 Å². The number of hydrogen-bond acceptors (Lipinski definition) is 4. The molecule has 3 rings (SSSR count). The second-order valence-electron chi connectivity index (χ2n) is 13.1. The molecule has 218 valence electrons. The molecule has 1 aliphatic rings. The lowest BCUT2D eigenvalue weighted by Crippen LogP contribution is -2.38. The van der Waals surface area contributed by atoms with E-state index in [1.807, 2.05) is 81.4 Å². The van der Waals surface area contributed by atoms with Gasteiger partial charge in [-0.3, -0.25) is 14.4 Å². The molecule has 1 fully saturated rings. The molecule has 1 saturated carbocycles. The van der Waals surface area contributed by atoms with Crippen molar-refractivity contribution in [3.8, 4) is 0 Å². The largest absolute Gasteiger partial charge is 0.460 e. The molecule has 1 aliphatic carbocycles. The summed E-state index contributed by atoms with van der Waals surface area (Å²) in [5.74, 6) is 0.728. The van der Waals surface area contributed by atoms with Crippen LogP contribution in [-0.2, 0) is 25.5 Å². The minimum Gasteiger partial charge on any atom is -0.460 e. The topological polar surface area (TPSA) is 72.5 Å². The highest BCUT2D eigenvalue weighted by atomic mass is 16.6. The highest BCUT2D eigenvalue weighted by Gasteiger charge is 2.35. The molecule has 0 unspecified atom stereocenters. The van der Waals surface area contributed by atoms with E-state index < -0.39 is 11.5 Å². The van der Waals surface area contributed by atoms with Crippen LogP contribution in [0.25, 0.3) is 0 Å². The summed E-state index contributed by atoms with van der Waals surface area (Å²) in [7, 11) is 0. The zero-order valence-electron chi connectivity index (χ0n) is 25.3. The molecular formula is C35H49NO4. The molecule has 0 radical (unpaired) electrons. The summed E-state index contributed by atoms with van der Waals surface area (Å²) in [4.78, 5) is 40.1. The van der Waals surface area contributed by atoms with Gasteiger partial charge in [-0.2, -0.15) is 0 Å². The quantitative estimate of drug-likeness (QED) is 0.279. The third-order valence-electron chi connectivity index (χ3n) is 8.16. The van der Waals surface area contributed by atoms with Crippen molar-refractivity contribution < 1.29 is 19.1 Å². The van der Waals surface area contributed by atoms with E-state index in [-0.39, 0.29) is 30.3 Å². The molecule has 5 heteroatoms. The zero-order chi connectivity index (χ0) is 29.3. The Hall–Kier alpha value is -2.95. The number of benzene rings is 2. The van der Waals surface area contributed by atoms with Crippen LogP contribution in [0.2, 0.25) is 0 Å². The highest BCUT2D eigenvalue weighted by Crippen LogP contribution is 2.39. The molecule has 0 spiro atoms. The molecular weight excluding hydrogens is 498 g/mol. The number of esters is 1. The number of carbonyl (C=O) groups excluding carboxylic acids is 3. The number of rotatable bonds is 12. The van der Waals surface area contributed by atoms with E-state index >= 15 is 0 Å². The van der Waals surface area contributed by atoms with Gasteiger partial charge in [-0.05, 0) is 75.3 Å². The van der Waals surface area contributed by atoms with E-state index in [0.29, 0.717) is 42.8 Å². The fourth-order valence-electron chi connectivity index (χ4n) is 6.08. The molecule has 40 heavy (non-hydrogen) atoms. The Balaban J connectivity index is 1.77. The summed E-state index contributed by atoms with van der Waals surface area (Å²) in [5, 5.41) is 3.22. The molecule has 1 amide bonds. The number of ketones is 1. The standard InChI is InChI=1S/C35H49NO4/c1-24(2)29-18-17-25(3)21-30(29)32(37)20-19-31(27-15-11-8-12-16-27)36-34(39)28(22-26-13-9-7-10-14-26)23-33(38)40-35(4,5)6/h7-16,24-25,28-31H,17-23H2,1-6H3,(H,36,39)/t25-,28+,29+,30-,31-/m1/s1. The predicted molar refractivity (Wildman–Crippen MR) is 160 cm³/mol. The minimum atomic E-state index is -0.623. The Kier molecular flexibility index (Phi) is 11.5. The minimum absolute atomic E-state index is 0.00549. The number of Topliss-reactive ketones (excluding diaryl/α,β-unsaturated/α-hetero) is 1. The second kappa shape index (κ2) is 14.6. The first kappa shape index (κ1) is 31.6. The van der Waals surface area contributed by atoms with Gasteiger partial charge in [0.2, 0.25) is 5.91 Å². The summed E-state index contributed by atoms with van der Waals surface area (Å²) >= 11 is 0. The van der Waals surface area contributed by atoms with Gasteiger partial charge in [0.15, 0.2) is 0 Å². The molecule has 2 aromatic carbocycles. The van der Waals surface area contributed by atoms with Gasteiger partial charge in [0.25, 0.3) is 0 Å². The lowest BCUT2D eigenvalue weighted by atomic mass is 9.68. The van der Waals surface area contributed by atoms with E-state index in [2.05, 4.69) is 26.1 Å². The van der Waals surface area contributed by atoms with E-state index in [9.17, 15) is 14.4 Å². The molecule has 5 atom stereocenters. The van der Waals surface area contributed by atoms with Crippen molar-refractivity contribution in [1.29, 1.82) is 0 Å². The highest BCUT2D eigenvalue weighted by molar-refractivity contribution is 5.85. The lowest BCUT2D eigenvalue weighted by Gasteiger charge is -2.36. The van der Waals surface area contributed by atoms with Gasteiger partial charge in [0.05, 0.1) is 18.4 Å². The first-order valence-corrected chi connectivity index (χ1v) is 15.1. The van der Waals surface area contributed by atoms with Crippen LogP contribution in [0.3, 0.4) is 0 Å². The molecule has 0 aliphatic heterocycles. The monoisotopic (exact) mass is 547 g/mol. The first-order valence-electron chi connectivity index (χ1n) is 15.1. The van der Waals surface area contributed by atoms with Gasteiger partial charge in [0.1, 0.15) is 11.4 Å². The lowest BCUT2D eigenvalue weighted by molar-refractivity contribution is -0.157. The van der Waals surface area contributed by atoms with Gasteiger partial charge in [-0.1, -0.05) is 87.9 Å². The van der Waals surface area contributed by atoms with Crippen LogP contribution in [0.1, 0.15) is 97.2 Å². The zero-order valence-corrected chi connectivity index (χ0v) is 25.3. The van der Waals surface area contributed by atoms with Crippen LogP contribution in [-0.4, -0.2) is 23.3 Å². The van der Waals surface area contributed by atoms with E-state index in [0.717, 1.165) is 24.0 Å². The summed E-state index contributed by atoms with van der Waals surface area (Å²) in [6.45, 7) is 12.2. The number of hydrogen-bond donors (Lipinski definition) is 1. The van der Waals surface area contributed by atoms with Crippen LogP contribution in [0.4, 0.5) is 0 Å². The van der Waals surface area contributed by atoms with Gasteiger partial charge in [0, 0.05) is 12.3 Å². The Bertz CT molecular complexity index is 1090. The molecule has 2 aromatic rings. The van der Waals surface area contributed by atoms with Crippen molar-refractivity contribution >= 4 is 17.7 Å². The maximum Gasteiger partial charge on any atom is 0.307 e. The molecule has 0 bridgehead atoms. The van der Waals surface area contributed by atoms with Gasteiger partial charge in [-0.25, -0.2) is 0 Å². The molecule has 0 saturated heterocycles. The van der Waals surface area contributed by atoms with Crippen LogP contribution in [0.5, 0.6) is 0 Å². The molecule has 5 nitrogen and oxygen atoms in total. The van der Waals surface area contributed by atoms with Crippen molar-refractivity contribution in [2.45, 2.75) is 98.1 Å². The van der Waals surface area contributed by atoms with Crippen LogP contribution >= 0.6 is 0 Å². The number of carbonyl (C=O) groups is 3. The normalized spacial score (nSPS) is 20.9. The average molecular weight is 548 g/mol. The van der Waals surface area contributed by atoms with Gasteiger partial charge < -0.3 is 10.1 Å². The Morgan fingerprint density at radius 1 is 0.950 bits per heavy atom. The Morgan fingerprint density at radius 3 is 2.17 bits per heavy atom. The first-order chi connectivity index (χ1) is 18.9. The van der Waals surface area contributed by atoms with Gasteiger partial charge in [-0.15, -0.1) is 0 Å². The van der Waals surface area contributed by atoms with E-state index in [4.69, 9.17) is 4.74 Å². The summed E-state index contributed by atoms with van der Waals surface area (Å²) in [6.07, 6.45) is 4.65. The van der Waals surface area contributed by atoms with Crippen molar-refractivity contribution in [3.05, 3.63) is 71.8 Å². The molecule has 1 N–H and O–H groups in total. The predicted octanol–water partition coefficient (Wildman–Crippen LogP) is 7.49. The number of amides is 1. The smallest absolute Gasteiger partial charge is 0.307 e. The Morgan fingerprint density at radius 2 is 1.57 bits per heavy atom. The number of ether oxygens (including phenoxy) is 1. The van der Waals surface area contributed by atoms with Crippen LogP contribution < -0.4 is 5.32 Å². The second-order valence-corrected chi connectivity index (χ2v) is 13.1. The summed E-state index contributed by atoms with van der Waals surface area (Å²) < 4.78 is 5.57. The van der Waals surface area contributed by atoms with Crippen molar-refractivity contribution in [2.75, 3.05) is 0 Å². The fourth-order valence-corrected chi connectivity index (χ4v) is 6.08. The van der Waals surface area contributed by atoms with E-state index in [1.54, 1.807) is 0 Å². The fraction of sp³-hybridized carbons (Fsp3) is 0.571. The summed E-state index contributed by atoms with van der Waals surface area (Å²) in [6, 6.07) is 19.3. The van der Waals surface area contributed by atoms with Crippen molar-refractivity contribution in [2.24, 2.45) is 29.6 Å². The summed E-state index contributed by atoms with van der Waals surface area (Å²) in [5.41, 5.74) is 1.34.